The third-order valence-corrected chi connectivity index (χ3v) is 7.11. The number of fused-ring (bicyclic) bond motifs is 1. The number of likely N-dealkylation sites (tertiary alicyclic amines) is 1. The molecule has 0 bridgehead atoms. The number of rotatable bonds is 3. The molecule has 3 atom stereocenters. The Labute approximate surface area is 172 Å². The van der Waals surface area contributed by atoms with Crippen LogP contribution in [0.25, 0.3) is 0 Å². The zero-order valence-electron chi connectivity index (χ0n) is 17.2. The van der Waals surface area contributed by atoms with Crippen molar-refractivity contribution in [3.63, 3.8) is 0 Å². The Morgan fingerprint density at radius 3 is 2.62 bits per heavy atom. The van der Waals surface area contributed by atoms with E-state index < -0.39 is 11.0 Å². The lowest BCUT2D eigenvalue weighted by Gasteiger charge is -2.58. The van der Waals surface area contributed by atoms with Crippen LogP contribution in [-0.2, 0) is 5.41 Å². The van der Waals surface area contributed by atoms with Crippen molar-refractivity contribution in [2.75, 3.05) is 27.2 Å². The van der Waals surface area contributed by atoms with E-state index >= 15 is 0 Å². The average Bonchev–Trinajstić information content (AvgIpc) is 2.72. The van der Waals surface area contributed by atoms with E-state index in [0.29, 0.717) is 24.9 Å². The van der Waals surface area contributed by atoms with Crippen molar-refractivity contribution in [3.05, 3.63) is 65.7 Å². The van der Waals surface area contributed by atoms with Crippen molar-refractivity contribution in [1.29, 1.82) is 0 Å². The summed E-state index contributed by atoms with van der Waals surface area (Å²) in [5.41, 5.74) is 0.303. The van der Waals surface area contributed by atoms with Gasteiger partial charge in [0.15, 0.2) is 0 Å². The minimum atomic E-state index is -0.874. The Kier molecular flexibility index (Phi) is 5.13. The van der Waals surface area contributed by atoms with Gasteiger partial charge in [0.05, 0.1) is 5.60 Å². The molecule has 2 N–H and O–H groups in total. The Morgan fingerprint density at radius 2 is 1.90 bits per heavy atom. The Bertz CT molecular complexity index is 887. The van der Waals surface area contributed by atoms with Gasteiger partial charge in [0.25, 0.3) is 5.91 Å². The fraction of sp³-hybridized carbons (Fsp3) is 0.458. The summed E-state index contributed by atoms with van der Waals surface area (Å²) in [4.78, 5) is 17.1. The summed E-state index contributed by atoms with van der Waals surface area (Å²) in [5, 5.41) is 21.9. The minimum absolute atomic E-state index is 0.0139. The van der Waals surface area contributed by atoms with E-state index in [4.69, 9.17) is 0 Å². The molecule has 0 spiro atoms. The van der Waals surface area contributed by atoms with Gasteiger partial charge in [0, 0.05) is 30.6 Å². The van der Waals surface area contributed by atoms with E-state index in [1.807, 2.05) is 61.5 Å². The molecule has 5 heteroatoms. The smallest absolute Gasteiger partial charge is 0.253 e. The molecule has 1 amide bonds. The predicted molar refractivity (Wildman–Crippen MR) is 113 cm³/mol. The van der Waals surface area contributed by atoms with Crippen LogP contribution < -0.4 is 0 Å². The van der Waals surface area contributed by atoms with E-state index in [0.717, 1.165) is 24.9 Å². The molecule has 29 heavy (non-hydrogen) atoms. The maximum Gasteiger partial charge on any atom is 0.253 e. The molecule has 0 radical (unpaired) electrons. The fourth-order valence-electron chi connectivity index (χ4n) is 5.43. The molecule has 1 aliphatic carbocycles. The standard InChI is InChI=1S/C24H30N2O3/c1-25-14-13-23(19-9-6-10-21(27)15-19)16-20(11-12-24(23,29)17-25)26(2)22(28)18-7-4-3-5-8-18/h3-10,15,20,27,29H,11-14,16-17H2,1-2H3/t20-,23+,24+/m1/s1. The largest absolute Gasteiger partial charge is 0.508 e. The lowest BCUT2D eigenvalue weighted by atomic mass is 9.55. The molecule has 2 aromatic rings. The zero-order chi connectivity index (χ0) is 20.6. The number of nitrogens with zero attached hydrogens (tertiary/aromatic N) is 2. The Morgan fingerprint density at radius 1 is 1.14 bits per heavy atom. The first-order valence-electron chi connectivity index (χ1n) is 10.4. The highest BCUT2D eigenvalue weighted by molar-refractivity contribution is 5.94. The molecule has 1 aliphatic heterocycles. The van der Waals surface area contributed by atoms with Crippen LogP contribution in [0.5, 0.6) is 5.75 Å². The maximum atomic E-state index is 13.0. The van der Waals surface area contributed by atoms with Crippen LogP contribution in [0.3, 0.4) is 0 Å². The van der Waals surface area contributed by atoms with Gasteiger partial charge in [-0.05, 0) is 69.1 Å². The number of aliphatic hydroxyl groups is 1. The van der Waals surface area contributed by atoms with Crippen molar-refractivity contribution >= 4 is 5.91 Å². The van der Waals surface area contributed by atoms with E-state index in [-0.39, 0.29) is 17.7 Å². The average molecular weight is 395 g/mol. The molecule has 1 heterocycles. The van der Waals surface area contributed by atoms with Gasteiger partial charge in [-0.2, -0.15) is 0 Å². The lowest BCUT2D eigenvalue weighted by Crippen LogP contribution is -2.66. The molecular weight excluding hydrogens is 364 g/mol. The van der Waals surface area contributed by atoms with Gasteiger partial charge in [-0.3, -0.25) is 4.79 Å². The number of hydrogen-bond acceptors (Lipinski definition) is 4. The number of phenolic OH excluding ortho intramolecular Hbond substituents is 1. The quantitative estimate of drug-likeness (QED) is 0.840. The Balaban J connectivity index is 1.68. The first-order valence-corrected chi connectivity index (χ1v) is 10.4. The first kappa shape index (κ1) is 19.9. The number of phenols is 1. The van der Waals surface area contributed by atoms with Gasteiger partial charge in [0.2, 0.25) is 0 Å². The third kappa shape index (κ3) is 3.43. The predicted octanol–water partition coefficient (Wildman–Crippen LogP) is 3.02. The Hall–Kier alpha value is -2.37. The van der Waals surface area contributed by atoms with Gasteiger partial charge in [-0.25, -0.2) is 0 Å². The molecule has 1 saturated carbocycles. The van der Waals surface area contributed by atoms with Gasteiger partial charge < -0.3 is 20.0 Å². The normalized spacial score (nSPS) is 29.8. The highest BCUT2D eigenvalue weighted by atomic mass is 16.3. The second-order valence-corrected chi connectivity index (χ2v) is 8.83. The van der Waals surface area contributed by atoms with E-state index in [9.17, 15) is 15.0 Å². The molecule has 2 fully saturated rings. The maximum absolute atomic E-state index is 13.0. The summed E-state index contributed by atoms with van der Waals surface area (Å²) in [6, 6.07) is 16.7. The minimum Gasteiger partial charge on any atom is -0.508 e. The number of β-amino-alcohol motifs (C(OH)–C–C–N with tert-alkyl or cyclic N) is 1. The molecule has 0 unspecified atom stereocenters. The van der Waals surface area contributed by atoms with Gasteiger partial charge in [-0.15, -0.1) is 0 Å². The van der Waals surface area contributed by atoms with Crippen molar-refractivity contribution < 1.29 is 15.0 Å². The van der Waals surface area contributed by atoms with E-state index in [1.54, 1.807) is 12.1 Å². The van der Waals surface area contributed by atoms with Gasteiger partial charge in [-0.1, -0.05) is 30.3 Å². The summed E-state index contributed by atoms with van der Waals surface area (Å²) in [6.45, 7) is 1.48. The molecule has 2 aromatic carbocycles. The number of hydrogen-bond donors (Lipinski definition) is 2. The second-order valence-electron chi connectivity index (χ2n) is 8.83. The summed E-state index contributed by atoms with van der Waals surface area (Å²) in [6.07, 6.45) is 2.88. The van der Waals surface area contributed by atoms with Crippen molar-refractivity contribution in [1.82, 2.24) is 9.80 Å². The molecule has 5 nitrogen and oxygen atoms in total. The number of likely N-dealkylation sites (N-methyl/N-ethyl adjacent to an activating group) is 1. The van der Waals surface area contributed by atoms with E-state index in [1.165, 1.54) is 0 Å². The molecule has 2 aliphatic rings. The lowest BCUT2D eigenvalue weighted by molar-refractivity contribution is -0.127. The van der Waals surface area contributed by atoms with Crippen LogP contribution in [-0.4, -0.2) is 64.7 Å². The zero-order valence-corrected chi connectivity index (χ0v) is 17.2. The van der Waals surface area contributed by atoms with Crippen LogP contribution in [0.2, 0.25) is 0 Å². The SMILES string of the molecule is CN1CC[C@@]2(c3cccc(O)c3)C[C@H](N(C)C(=O)c3ccccc3)CC[C@]2(O)C1. The van der Waals surface area contributed by atoms with Crippen LogP contribution in [0.4, 0.5) is 0 Å². The highest BCUT2D eigenvalue weighted by Gasteiger charge is 2.57. The third-order valence-electron chi connectivity index (χ3n) is 7.11. The highest BCUT2D eigenvalue weighted by Crippen LogP contribution is 2.52. The van der Waals surface area contributed by atoms with Crippen molar-refractivity contribution in [2.24, 2.45) is 0 Å². The second kappa shape index (κ2) is 7.47. The van der Waals surface area contributed by atoms with Crippen LogP contribution in [0, 0.1) is 0 Å². The number of carbonyl (C=O) groups is 1. The summed E-state index contributed by atoms with van der Waals surface area (Å²) >= 11 is 0. The number of amides is 1. The number of piperidine rings is 1. The van der Waals surface area contributed by atoms with Crippen LogP contribution in [0.15, 0.2) is 54.6 Å². The van der Waals surface area contributed by atoms with Crippen molar-refractivity contribution in [3.8, 4) is 5.75 Å². The molecular formula is C24H30N2O3. The van der Waals surface area contributed by atoms with Crippen molar-refractivity contribution in [2.45, 2.75) is 42.7 Å². The van der Waals surface area contributed by atoms with Crippen LogP contribution in [0.1, 0.15) is 41.6 Å². The van der Waals surface area contributed by atoms with Gasteiger partial charge >= 0.3 is 0 Å². The molecule has 4 rings (SSSR count). The fourth-order valence-corrected chi connectivity index (χ4v) is 5.43. The monoisotopic (exact) mass is 394 g/mol. The molecule has 154 valence electrons. The molecule has 0 aromatic heterocycles. The number of carbonyl (C=O) groups excluding carboxylic acids is 1. The molecule has 1 saturated heterocycles. The van der Waals surface area contributed by atoms with Crippen LogP contribution >= 0.6 is 0 Å². The summed E-state index contributed by atoms with van der Waals surface area (Å²) in [7, 11) is 3.91. The number of benzene rings is 2. The summed E-state index contributed by atoms with van der Waals surface area (Å²) in [5.74, 6) is 0.231. The first-order chi connectivity index (χ1) is 13.8. The topological polar surface area (TPSA) is 64.0 Å². The summed E-state index contributed by atoms with van der Waals surface area (Å²) < 4.78 is 0. The van der Waals surface area contributed by atoms with Gasteiger partial charge in [0.1, 0.15) is 5.75 Å². The number of aromatic hydroxyl groups is 1. The van der Waals surface area contributed by atoms with E-state index in [2.05, 4.69) is 4.90 Å².